The topological polar surface area (TPSA) is 109 Å². The van der Waals surface area contributed by atoms with E-state index in [4.69, 9.17) is 16.0 Å². The van der Waals surface area contributed by atoms with Crippen molar-refractivity contribution in [2.45, 2.75) is 70.4 Å². The van der Waals surface area contributed by atoms with E-state index in [0.717, 1.165) is 27.3 Å². The molecule has 0 saturated heterocycles. The summed E-state index contributed by atoms with van der Waals surface area (Å²) < 4.78 is 6.04. The van der Waals surface area contributed by atoms with Crippen LogP contribution in [0, 0.1) is 12.8 Å². The number of nitrogens with zero attached hydrogens (tertiary/aromatic N) is 3. The monoisotopic (exact) mass is 556 g/mol. The number of hydrogen-bond donors (Lipinski definition) is 2. The van der Waals surface area contributed by atoms with Gasteiger partial charge in [0.15, 0.2) is 0 Å². The zero-order valence-electron chi connectivity index (χ0n) is 22.5. The highest BCUT2D eigenvalue weighted by Gasteiger charge is 2.36. The van der Waals surface area contributed by atoms with Crippen molar-refractivity contribution in [2.24, 2.45) is 5.92 Å². The molecule has 1 aromatic heterocycles. The smallest absolute Gasteiger partial charge is 0.405 e. The highest BCUT2D eigenvalue weighted by Crippen LogP contribution is 2.42. The summed E-state index contributed by atoms with van der Waals surface area (Å²) in [6, 6.07) is 11.4. The van der Waals surface area contributed by atoms with E-state index in [1.165, 1.54) is 0 Å². The average Bonchev–Trinajstić information content (AvgIpc) is 3.27. The first kappa shape index (κ1) is 28.0. The Kier molecular flexibility index (Phi) is 7.81. The summed E-state index contributed by atoms with van der Waals surface area (Å²) in [4.78, 5) is 28.2. The lowest BCUT2D eigenvalue weighted by Crippen LogP contribution is -2.47. The second kappa shape index (κ2) is 10.6. The molecule has 0 fully saturated rings. The summed E-state index contributed by atoms with van der Waals surface area (Å²) in [5.74, 6) is 1.01. The number of carbonyl (C=O) groups is 2. The minimum absolute atomic E-state index is 0.0674. The lowest BCUT2D eigenvalue weighted by Gasteiger charge is -2.31. The third-order valence-electron chi connectivity index (χ3n) is 6.41. The van der Waals surface area contributed by atoms with Crippen LogP contribution in [0.1, 0.15) is 58.1 Å². The SMILES string of the molecule is Cc1cc2c(cc1-c1nnc(C(C)(C)C)o1)N(Cc1ccc(Cl)cc1)C(=O)[C@@H](CC(C)(C)NC(=O)O)CS2. The third-order valence-corrected chi connectivity index (χ3v) is 7.86. The first-order valence-corrected chi connectivity index (χ1v) is 13.8. The Labute approximate surface area is 232 Å². The molecular weight excluding hydrogens is 524 g/mol. The molecule has 1 aliphatic heterocycles. The van der Waals surface area contributed by atoms with Crippen molar-refractivity contribution in [3.8, 4) is 11.5 Å². The molecule has 3 aromatic rings. The van der Waals surface area contributed by atoms with Crippen molar-refractivity contribution < 1.29 is 19.1 Å². The Bertz CT molecular complexity index is 1350. The maximum Gasteiger partial charge on any atom is 0.405 e. The number of halogens is 1. The highest BCUT2D eigenvalue weighted by molar-refractivity contribution is 7.99. The number of carboxylic acid groups (broad SMARTS) is 1. The van der Waals surface area contributed by atoms with Crippen molar-refractivity contribution in [3.05, 3.63) is 58.4 Å². The molecule has 0 spiro atoms. The predicted octanol–water partition coefficient (Wildman–Crippen LogP) is 6.69. The second-order valence-electron chi connectivity index (χ2n) is 11.4. The quantitative estimate of drug-likeness (QED) is 0.348. The minimum atomic E-state index is -1.11. The minimum Gasteiger partial charge on any atom is -0.465 e. The molecule has 0 aliphatic carbocycles. The van der Waals surface area contributed by atoms with E-state index in [0.29, 0.717) is 35.5 Å². The number of thioether (sulfide) groups is 1. The molecule has 202 valence electrons. The van der Waals surface area contributed by atoms with Crippen LogP contribution in [0.4, 0.5) is 10.5 Å². The van der Waals surface area contributed by atoms with Gasteiger partial charge in [0.25, 0.3) is 0 Å². The van der Waals surface area contributed by atoms with Gasteiger partial charge in [-0.3, -0.25) is 4.79 Å². The normalized spacial score (nSPS) is 16.2. The molecule has 0 unspecified atom stereocenters. The van der Waals surface area contributed by atoms with E-state index in [9.17, 15) is 14.7 Å². The number of amides is 2. The van der Waals surface area contributed by atoms with Crippen LogP contribution in [-0.4, -0.2) is 38.6 Å². The Morgan fingerprint density at radius 1 is 1.18 bits per heavy atom. The number of aryl methyl sites for hydroxylation is 1. The molecule has 8 nitrogen and oxygen atoms in total. The first-order chi connectivity index (χ1) is 17.7. The van der Waals surface area contributed by atoms with Crippen LogP contribution in [0.2, 0.25) is 5.02 Å². The summed E-state index contributed by atoms with van der Waals surface area (Å²) in [7, 11) is 0. The maximum absolute atomic E-state index is 14.1. The zero-order chi connectivity index (χ0) is 27.8. The Morgan fingerprint density at radius 3 is 2.47 bits per heavy atom. The maximum atomic E-state index is 14.1. The number of carbonyl (C=O) groups excluding carboxylic acids is 1. The lowest BCUT2D eigenvalue weighted by molar-refractivity contribution is -0.122. The summed E-state index contributed by atoms with van der Waals surface area (Å²) in [6.45, 7) is 12.0. The van der Waals surface area contributed by atoms with E-state index in [2.05, 4.69) is 21.6 Å². The Morgan fingerprint density at radius 2 is 1.87 bits per heavy atom. The van der Waals surface area contributed by atoms with Crippen molar-refractivity contribution in [1.82, 2.24) is 15.5 Å². The van der Waals surface area contributed by atoms with Gasteiger partial charge in [-0.05, 0) is 62.6 Å². The van der Waals surface area contributed by atoms with Crippen LogP contribution in [0.5, 0.6) is 0 Å². The van der Waals surface area contributed by atoms with Gasteiger partial charge >= 0.3 is 6.09 Å². The van der Waals surface area contributed by atoms with Gasteiger partial charge in [-0.25, -0.2) is 4.79 Å². The molecule has 2 heterocycles. The average molecular weight is 557 g/mol. The summed E-state index contributed by atoms with van der Waals surface area (Å²) in [5.41, 5.74) is 2.36. The molecule has 10 heteroatoms. The number of anilines is 1. The van der Waals surface area contributed by atoms with E-state index < -0.39 is 17.6 Å². The van der Waals surface area contributed by atoms with Gasteiger partial charge in [0.2, 0.25) is 17.7 Å². The molecule has 1 aliphatic rings. The fraction of sp³-hybridized carbons (Fsp3) is 0.429. The molecule has 4 rings (SSSR count). The fourth-order valence-corrected chi connectivity index (χ4v) is 5.85. The fourth-order valence-electron chi connectivity index (χ4n) is 4.50. The van der Waals surface area contributed by atoms with Crippen LogP contribution in [0.15, 0.2) is 45.7 Å². The van der Waals surface area contributed by atoms with Crippen LogP contribution < -0.4 is 10.2 Å². The van der Waals surface area contributed by atoms with Gasteiger partial charge in [-0.2, -0.15) is 0 Å². The van der Waals surface area contributed by atoms with E-state index >= 15 is 0 Å². The molecule has 2 N–H and O–H groups in total. The molecule has 0 bridgehead atoms. The van der Waals surface area contributed by atoms with Crippen LogP contribution in [0.3, 0.4) is 0 Å². The zero-order valence-corrected chi connectivity index (χ0v) is 24.0. The molecule has 2 aromatic carbocycles. The number of rotatable bonds is 6. The Balaban J connectivity index is 1.77. The van der Waals surface area contributed by atoms with Crippen LogP contribution in [-0.2, 0) is 16.8 Å². The Hall–Kier alpha value is -3.04. The summed E-state index contributed by atoms with van der Waals surface area (Å²) in [5, 5.41) is 21.0. The van der Waals surface area contributed by atoms with Crippen molar-refractivity contribution >= 4 is 41.1 Å². The molecule has 1 atom stereocenters. The van der Waals surface area contributed by atoms with Gasteiger partial charge in [0.1, 0.15) is 0 Å². The van der Waals surface area contributed by atoms with Gasteiger partial charge < -0.3 is 19.7 Å². The van der Waals surface area contributed by atoms with E-state index in [1.807, 2.05) is 45.9 Å². The number of nitrogens with one attached hydrogen (secondary N) is 1. The summed E-state index contributed by atoms with van der Waals surface area (Å²) >= 11 is 7.71. The van der Waals surface area contributed by atoms with Gasteiger partial charge in [-0.1, -0.05) is 44.5 Å². The highest BCUT2D eigenvalue weighted by atomic mass is 35.5. The number of aromatic nitrogens is 2. The third kappa shape index (κ3) is 6.32. The van der Waals surface area contributed by atoms with Gasteiger partial charge in [-0.15, -0.1) is 22.0 Å². The standard InChI is InChI=1S/C28H33ClN4O4S/c1-16-11-22-21(12-20(16)23-31-32-25(37-23)27(2,3)4)33(14-17-7-9-19(29)10-8-17)24(34)18(15-38-22)13-28(5,6)30-26(35)36/h7-12,18,30H,13-15H2,1-6H3,(H,35,36)/t18-/m0/s1. The van der Waals surface area contributed by atoms with E-state index in [-0.39, 0.29) is 11.3 Å². The molecule has 0 radical (unpaired) electrons. The molecule has 2 amide bonds. The van der Waals surface area contributed by atoms with Crippen LogP contribution in [0.25, 0.3) is 11.5 Å². The van der Waals surface area contributed by atoms with Crippen LogP contribution >= 0.6 is 23.4 Å². The summed E-state index contributed by atoms with van der Waals surface area (Å²) in [6.07, 6.45) is -0.750. The molecular formula is C28H33ClN4O4S. The second-order valence-corrected chi connectivity index (χ2v) is 12.9. The largest absolute Gasteiger partial charge is 0.465 e. The predicted molar refractivity (Wildman–Crippen MR) is 150 cm³/mol. The van der Waals surface area contributed by atoms with Gasteiger partial charge in [0, 0.05) is 32.2 Å². The number of hydrogen-bond acceptors (Lipinski definition) is 6. The van der Waals surface area contributed by atoms with Crippen molar-refractivity contribution in [3.63, 3.8) is 0 Å². The first-order valence-electron chi connectivity index (χ1n) is 12.4. The lowest BCUT2D eigenvalue weighted by atomic mass is 9.90. The van der Waals surface area contributed by atoms with Crippen molar-refractivity contribution in [2.75, 3.05) is 10.7 Å². The van der Waals surface area contributed by atoms with Crippen molar-refractivity contribution in [1.29, 1.82) is 0 Å². The molecule has 38 heavy (non-hydrogen) atoms. The van der Waals surface area contributed by atoms with E-state index in [1.54, 1.807) is 42.6 Å². The van der Waals surface area contributed by atoms with Gasteiger partial charge in [0.05, 0.1) is 18.2 Å². The molecule has 0 saturated carbocycles. The number of benzene rings is 2. The number of fused-ring (bicyclic) bond motifs is 1.